The first kappa shape index (κ1) is 31.0. The topological polar surface area (TPSA) is 66.8 Å². The zero-order valence-corrected chi connectivity index (χ0v) is 26.2. The number of hydroxylamine groups is 2. The molecule has 0 radical (unpaired) electrons. The van der Waals surface area contributed by atoms with Gasteiger partial charge in [0.1, 0.15) is 0 Å². The van der Waals surface area contributed by atoms with E-state index in [1.807, 2.05) is 6.08 Å². The first-order chi connectivity index (χ1) is 18.7. The van der Waals surface area contributed by atoms with Gasteiger partial charge >= 0.3 is 6.30 Å². The number of nitrogens with zero attached hydrogens (tertiary/aromatic N) is 1. The second kappa shape index (κ2) is 9.30. The number of hydrogen-bond donors (Lipinski definition) is 1. The number of amides is 1. The maximum atomic E-state index is 14.4. The maximum absolute atomic E-state index is 14.4. The lowest BCUT2D eigenvalue weighted by Gasteiger charge is -2.70. The quantitative estimate of drug-likeness (QED) is 0.275. The van der Waals surface area contributed by atoms with Gasteiger partial charge in [0.25, 0.3) is 5.91 Å². The Hall–Kier alpha value is -1.41. The molecule has 1 unspecified atom stereocenters. The van der Waals surface area contributed by atoms with E-state index in [9.17, 15) is 27.9 Å². The monoisotopic (exact) mass is 581 g/mol. The summed E-state index contributed by atoms with van der Waals surface area (Å²) in [6.07, 6.45) is 2.99. The van der Waals surface area contributed by atoms with Crippen LogP contribution < -0.4 is 0 Å². The van der Waals surface area contributed by atoms with E-state index in [1.165, 1.54) is 6.92 Å². The van der Waals surface area contributed by atoms with Crippen molar-refractivity contribution in [2.75, 3.05) is 6.61 Å². The molecule has 5 rings (SSSR count). The third kappa shape index (κ3) is 4.15. The Morgan fingerprint density at radius 1 is 1.00 bits per heavy atom. The molecule has 0 saturated heterocycles. The first-order valence-corrected chi connectivity index (χ1v) is 15.7. The summed E-state index contributed by atoms with van der Waals surface area (Å²) < 4.78 is 41.6. The van der Waals surface area contributed by atoms with E-state index in [-0.39, 0.29) is 74.8 Å². The van der Waals surface area contributed by atoms with Crippen LogP contribution >= 0.6 is 0 Å². The summed E-state index contributed by atoms with van der Waals surface area (Å²) in [6, 6.07) is 0. The standard InChI is InChI=1S/C33H50F3NO4/c1-9-41-37(33(34,35)36)26(40)29(5)15-14-28(4)16-17-31(7)20(21(28)19-29)18-22(38)25-30(6)12-11-24(39)27(2,3)23(30)10-13-32(25,31)8/h18,21,23-25,39H,9-17,19H2,1-8H3/t21-,23?,24-,25+,28+,29-,30-,31+,32+/m0/s1. The van der Waals surface area contributed by atoms with Crippen LogP contribution in [-0.4, -0.2) is 40.9 Å². The molecule has 0 aliphatic heterocycles. The molecule has 232 valence electrons. The minimum absolute atomic E-state index is 0.133. The number of aliphatic hydroxyl groups excluding tert-OH is 1. The van der Waals surface area contributed by atoms with Crippen molar-refractivity contribution in [1.82, 2.24) is 5.06 Å². The molecule has 8 heteroatoms. The van der Waals surface area contributed by atoms with Gasteiger partial charge in [-0.25, -0.2) is 0 Å². The van der Waals surface area contributed by atoms with Gasteiger partial charge in [0.15, 0.2) is 5.78 Å². The molecule has 9 atom stereocenters. The number of aliphatic hydroxyl groups is 1. The van der Waals surface area contributed by atoms with Crippen LogP contribution in [0.15, 0.2) is 11.6 Å². The molecule has 0 heterocycles. The fraction of sp³-hybridized carbons (Fsp3) is 0.879. The van der Waals surface area contributed by atoms with Crippen LogP contribution in [-0.2, 0) is 14.4 Å². The Morgan fingerprint density at radius 3 is 2.24 bits per heavy atom. The minimum Gasteiger partial charge on any atom is -0.393 e. The predicted molar refractivity (Wildman–Crippen MR) is 150 cm³/mol. The third-order valence-electron chi connectivity index (χ3n) is 13.7. The van der Waals surface area contributed by atoms with Gasteiger partial charge in [-0.15, -0.1) is 18.2 Å². The second-order valence-corrected chi connectivity index (χ2v) is 16.1. The van der Waals surface area contributed by atoms with E-state index in [0.29, 0.717) is 19.3 Å². The number of rotatable bonds is 3. The number of carbonyl (C=O) groups excluding carboxylic acids is 2. The van der Waals surface area contributed by atoms with Gasteiger partial charge in [0.05, 0.1) is 12.7 Å². The van der Waals surface area contributed by atoms with Crippen LogP contribution in [0.3, 0.4) is 0 Å². The first-order valence-electron chi connectivity index (χ1n) is 15.7. The normalized spacial score (nSPS) is 47.3. The highest BCUT2D eigenvalue weighted by molar-refractivity contribution is 5.95. The van der Waals surface area contributed by atoms with Crippen LogP contribution in [0.4, 0.5) is 13.2 Å². The van der Waals surface area contributed by atoms with E-state index in [0.717, 1.165) is 37.7 Å². The summed E-state index contributed by atoms with van der Waals surface area (Å²) in [5.74, 6) is -1.00. The maximum Gasteiger partial charge on any atom is 0.511 e. The number of alkyl halides is 3. The lowest BCUT2D eigenvalue weighted by Crippen LogP contribution is -2.66. The number of halogens is 3. The van der Waals surface area contributed by atoms with Crippen molar-refractivity contribution in [1.29, 1.82) is 0 Å². The number of fused-ring (bicyclic) bond motifs is 7. The molecule has 1 amide bonds. The summed E-state index contributed by atoms with van der Waals surface area (Å²) in [4.78, 5) is 32.7. The molecular formula is C33H50F3NO4. The van der Waals surface area contributed by atoms with Gasteiger partial charge in [-0.2, -0.15) is 0 Å². The molecule has 0 aromatic heterocycles. The molecule has 5 aliphatic carbocycles. The highest BCUT2D eigenvalue weighted by atomic mass is 19.4. The molecule has 5 aliphatic rings. The van der Waals surface area contributed by atoms with Crippen molar-refractivity contribution in [2.24, 2.45) is 50.2 Å². The van der Waals surface area contributed by atoms with Crippen LogP contribution in [0.2, 0.25) is 0 Å². The summed E-state index contributed by atoms with van der Waals surface area (Å²) in [5, 5.41) is 10.6. The molecule has 0 spiro atoms. The van der Waals surface area contributed by atoms with Gasteiger partial charge in [-0.3, -0.25) is 14.4 Å². The van der Waals surface area contributed by atoms with Gasteiger partial charge in [0, 0.05) is 11.3 Å². The molecular weight excluding hydrogens is 531 g/mol. The Balaban J connectivity index is 1.56. The van der Waals surface area contributed by atoms with Gasteiger partial charge in [-0.1, -0.05) is 54.0 Å². The lowest BCUT2D eigenvalue weighted by molar-refractivity contribution is -0.354. The Bertz CT molecular complexity index is 1150. The highest BCUT2D eigenvalue weighted by Gasteiger charge is 2.70. The van der Waals surface area contributed by atoms with Gasteiger partial charge in [0.2, 0.25) is 0 Å². The van der Waals surface area contributed by atoms with Crippen molar-refractivity contribution in [2.45, 2.75) is 126 Å². The Kier molecular flexibility index (Phi) is 7.03. The van der Waals surface area contributed by atoms with Crippen molar-refractivity contribution < 1.29 is 32.7 Å². The molecule has 0 aromatic rings. The highest BCUT2D eigenvalue weighted by Crippen LogP contribution is 2.75. The van der Waals surface area contributed by atoms with Crippen LogP contribution in [0.1, 0.15) is 113 Å². The molecule has 1 N–H and O–H groups in total. The average molecular weight is 582 g/mol. The summed E-state index contributed by atoms with van der Waals surface area (Å²) >= 11 is 0. The Labute approximate surface area is 243 Å². The molecule has 0 bridgehead atoms. The van der Waals surface area contributed by atoms with E-state index in [2.05, 4.69) is 41.5 Å². The molecule has 4 fully saturated rings. The van der Waals surface area contributed by atoms with E-state index < -0.39 is 17.6 Å². The SMILES string of the molecule is CCON(C(=O)[C@@]1(C)CC[C@]2(C)CC[C@]3(C)C(=CC(=O)[C@@H]4[C@@]5(C)CC[C@H](O)C(C)(C)C5CC[C@]43C)[C@@H]2C1)C(F)(F)F. The fourth-order valence-corrected chi connectivity index (χ4v) is 11.0. The summed E-state index contributed by atoms with van der Waals surface area (Å²) in [6.45, 7) is 16.2. The number of hydrogen-bond acceptors (Lipinski definition) is 4. The lowest BCUT2D eigenvalue weighted by atomic mass is 9.33. The third-order valence-corrected chi connectivity index (χ3v) is 13.7. The molecule has 0 aromatic carbocycles. The largest absolute Gasteiger partial charge is 0.511 e. The second-order valence-electron chi connectivity index (χ2n) is 16.1. The van der Waals surface area contributed by atoms with Crippen molar-refractivity contribution in [3.8, 4) is 0 Å². The number of carbonyl (C=O) groups is 2. The smallest absolute Gasteiger partial charge is 0.393 e. The van der Waals surface area contributed by atoms with E-state index in [1.54, 1.807) is 6.92 Å². The fourth-order valence-electron chi connectivity index (χ4n) is 11.0. The van der Waals surface area contributed by atoms with E-state index in [4.69, 9.17) is 4.84 Å². The summed E-state index contributed by atoms with van der Waals surface area (Å²) in [7, 11) is 0. The van der Waals surface area contributed by atoms with Crippen LogP contribution in [0.5, 0.6) is 0 Å². The van der Waals surface area contributed by atoms with E-state index >= 15 is 0 Å². The van der Waals surface area contributed by atoms with Crippen molar-refractivity contribution in [3.05, 3.63) is 11.6 Å². The zero-order valence-electron chi connectivity index (χ0n) is 26.2. The average Bonchev–Trinajstić information content (AvgIpc) is 2.86. The summed E-state index contributed by atoms with van der Waals surface area (Å²) in [5.41, 5.74) is -1.49. The van der Waals surface area contributed by atoms with Crippen LogP contribution in [0.25, 0.3) is 0 Å². The van der Waals surface area contributed by atoms with Gasteiger partial charge in [-0.05, 0) is 110 Å². The number of allylic oxidation sites excluding steroid dienone is 2. The van der Waals surface area contributed by atoms with Gasteiger partial charge < -0.3 is 5.11 Å². The minimum atomic E-state index is -4.92. The number of ketones is 1. The van der Waals surface area contributed by atoms with Crippen molar-refractivity contribution >= 4 is 11.7 Å². The molecule has 4 saturated carbocycles. The molecule has 41 heavy (non-hydrogen) atoms. The Morgan fingerprint density at radius 2 is 1.63 bits per heavy atom. The molecule has 5 nitrogen and oxygen atoms in total. The zero-order chi connectivity index (χ0) is 30.6. The predicted octanol–water partition coefficient (Wildman–Crippen LogP) is 7.63. The van der Waals surface area contributed by atoms with Crippen LogP contribution in [0, 0.1) is 50.2 Å². The van der Waals surface area contributed by atoms with Crippen molar-refractivity contribution in [3.63, 3.8) is 0 Å².